The smallest absolute Gasteiger partial charge is 0.339 e. The lowest BCUT2D eigenvalue weighted by molar-refractivity contribution is 0.0694. The van der Waals surface area contributed by atoms with Gasteiger partial charge in [0.15, 0.2) is 0 Å². The summed E-state index contributed by atoms with van der Waals surface area (Å²) in [5, 5.41) is 9.99. The van der Waals surface area contributed by atoms with Crippen LogP contribution < -0.4 is 0 Å². The molecule has 0 bridgehead atoms. The standard InChI is InChI=1S/C14H10FN3O2/c15-10-2-1-9-3-4-18(13(9)5-10)7-12-11(14(19)20)6-16-8-17-12/h1-6,8H,7H2,(H,19,20). The number of carboxylic acid groups (broad SMARTS) is 1. The van der Waals surface area contributed by atoms with Gasteiger partial charge in [-0.25, -0.2) is 19.2 Å². The van der Waals surface area contributed by atoms with Crippen molar-refractivity contribution in [2.75, 3.05) is 0 Å². The summed E-state index contributed by atoms with van der Waals surface area (Å²) in [7, 11) is 0. The molecule has 2 heterocycles. The van der Waals surface area contributed by atoms with E-state index >= 15 is 0 Å². The first-order valence-electron chi connectivity index (χ1n) is 5.92. The van der Waals surface area contributed by atoms with Crippen LogP contribution in [-0.4, -0.2) is 25.6 Å². The van der Waals surface area contributed by atoms with Crippen molar-refractivity contribution < 1.29 is 14.3 Å². The van der Waals surface area contributed by atoms with Gasteiger partial charge in [-0.05, 0) is 29.7 Å². The second kappa shape index (κ2) is 4.73. The monoisotopic (exact) mass is 271 g/mol. The van der Waals surface area contributed by atoms with E-state index in [1.165, 1.54) is 24.7 Å². The fourth-order valence-electron chi connectivity index (χ4n) is 2.12. The van der Waals surface area contributed by atoms with Gasteiger partial charge in [-0.2, -0.15) is 0 Å². The Morgan fingerprint density at radius 3 is 3.00 bits per heavy atom. The van der Waals surface area contributed by atoms with Gasteiger partial charge in [-0.3, -0.25) is 0 Å². The molecule has 0 aliphatic rings. The molecule has 0 aliphatic heterocycles. The van der Waals surface area contributed by atoms with Gasteiger partial charge in [0.1, 0.15) is 17.7 Å². The first-order chi connectivity index (χ1) is 9.65. The van der Waals surface area contributed by atoms with Crippen molar-refractivity contribution >= 4 is 16.9 Å². The van der Waals surface area contributed by atoms with Gasteiger partial charge in [0.05, 0.1) is 17.8 Å². The number of benzene rings is 1. The van der Waals surface area contributed by atoms with Crippen molar-refractivity contribution in [1.82, 2.24) is 14.5 Å². The Morgan fingerprint density at radius 1 is 1.35 bits per heavy atom. The van der Waals surface area contributed by atoms with Gasteiger partial charge in [0.25, 0.3) is 0 Å². The molecule has 6 heteroatoms. The van der Waals surface area contributed by atoms with Crippen LogP contribution >= 0.6 is 0 Å². The van der Waals surface area contributed by atoms with Crippen molar-refractivity contribution in [1.29, 1.82) is 0 Å². The molecule has 5 nitrogen and oxygen atoms in total. The molecule has 20 heavy (non-hydrogen) atoms. The van der Waals surface area contributed by atoms with Crippen LogP contribution in [0.3, 0.4) is 0 Å². The minimum absolute atomic E-state index is 0.0470. The average Bonchev–Trinajstić information content (AvgIpc) is 2.82. The highest BCUT2D eigenvalue weighted by molar-refractivity contribution is 5.88. The first kappa shape index (κ1) is 12.3. The van der Waals surface area contributed by atoms with E-state index in [2.05, 4.69) is 9.97 Å². The highest BCUT2D eigenvalue weighted by atomic mass is 19.1. The van der Waals surface area contributed by atoms with E-state index in [9.17, 15) is 9.18 Å². The van der Waals surface area contributed by atoms with E-state index in [0.29, 0.717) is 11.2 Å². The van der Waals surface area contributed by atoms with Gasteiger partial charge in [0, 0.05) is 12.4 Å². The fraction of sp³-hybridized carbons (Fsp3) is 0.0714. The molecule has 0 unspecified atom stereocenters. The summed E-state index contributed by atoms with van der Waals surface area (Å²) in [5.74, 6) is -1.41. The van der Waals surface area contributed by atoms with Gasteiger partial charge in [0.2, 0.25) is 0 Å². The third-order valence-corrected chi connectivity index (χ3v) is 3.08. The first-order valence-corrected chi connectivity index (χ1v) is 5.92. The van der Waals surface area contributed by atoms with Crippen LogP contribution in [0.4, 0.5) is 4.39 Å². The van der Waals surface area contributed by atoms with E-state index in [-0.39, 0.29) is 17.9 Å². The molecule has 0 spiro atoms. The van der Waals surface area contributed by atoms with E-state index in [1.54, 1.807) is 16.8 Å². The molecule has 3 rings (SSSR count). The minimum Gasteiger partial charge on any atom is -0.478 e. The molecule has 2 aromatic heterocycles. The Hall–Kier alpha value is -2.76. The molecule has 1 N–H and O–H groups in total. The molecule has 0 radical (unpaired) electrons. The molecule has 3 aromatic rings. The number of carboxylic acids is 1. The van der Waals surface area contributed by atoms with Crippen LogP contribution in [0.5, 0.6) is 0 Å². The third kappa shape index (κ3) is 2.11. The summed E-state index contributed by atoms with van der Waals surface area (Å²) >= 11 is 0. The Morgan fingerprint density at radius 2 is 2.20 bits per heavy atom. The van der Waals surface area contributed by atoms with Gasteiger partial charge >= 0.3 is 5.97 Å². The predicted octanol–water partition coefficient (Wildman–Crippen LogP) is 2.32. The van der Waals surface area contributed by atoms with Crippen molar-refractivity contribution in [3.63, 3.8) is 0 Å². The SMILES string of the molecule is O=C(O)c1cncnc1Cn1ccc2ccc(F)cc21. The normalized spacial score (nSPS) is 10.8. The van der Waals surface area contributed by atoms with Crippen molar-refractivity contribution in [2.24, 2.45) is 0 Å². The highest BCUT2D eigenvalue weighted by Crippen LogP contribution is 2.18. The third-order valence-electron chi connectivity index (χ3n) is 3.08. The average molecular weight is 271 g/mol. The zero-order valence-electron chi connectivity index (χ0n) is 10.3. The molecule has 0 saturated heterocycles. The number of halogens is 1. The van der Waals surface area contributed by atoms with Gasteiger partial charge in [-0.1, -0.05) is 0 Å². The summed E-state index contributed by atoms with van der Waals surface area (Å²) < 4.78 is 15.1. The Labute approximate surface area is 113 Å². The number of aromatic carboxylic acids is 1. The second-order valence-electron chi connectivity index (χ2n) is 4.34. The highest BCUT2D eigenvalue weighted by Gasteiger charge is 2.12. The topological polar surface area (TPSA) is 68.0 Å². The number of rotatable bonds is 3. The zero-order chi connectivity index (χ0) is 14.1. The van der Waals surface area contributed by atoms with Crippen LogP contribution in [0.25, 0.3) is 10.9 Å². The maximum atomic E-state index is 13.3. The van der Waals surface area contributed by atoms with Gasteiger partial charge in [-0.15, -0.1) is 0 Å². The van der Waals surface area contributed by atoms with E-state index in [4.69, 9.17) is 5.11 Å². The van der Waals surface area contributed by atoms with Crippen molar-refractivity contribution in [2.45, 2.75) is 6.54 Å². The van der Waals surface area contributed by atoms with Crippen LogP contribution in [0.15, 0.2) is 43.0 Å². The summed E-state index contributed by atoms with van der Waals surface area (Å²) in [6, 6.07) is 6.33. The number of nitrogens with zero attached hydrogens (tertiary/aromatic N) is 3. The summed E-state index contributed by atoms with van der Waals surface area (Å²) in [6.07, 6.45) is 4.34. The summed E-state index contributed by atoms with van der Waals surface area (Å²) in [5.41, 5.74) is 1.12. The molecule has 0 atom stereocenters. The molecule has 1 aromatic carbocycles. The Bertz CT molecular complexity index is 798. The fourth-order valence-corrected chi connectivity index (χ4v) is 2.12. The largest absolute Gasteiger partial charge is 0.478 e. The van der Waals surface area contributed by atoms with Crippen molar-refractivity contribution in [3.8, 4) is 0 Å². The van der Waals surface area contributed by atoms with E-state index < -0.39 is 5.97 Å². The second-order valence-corrected chi connectivity index (χ2v) is 4.34. The lowest BCUT2D eigenvalue weighted by Gasteiger charge is -2.07. The molecule has 0 fully saturated rings. The van der Waals surface area contributed by atoms with Gasteiger partial charge < -0.3 is 9.67 Å². The number of hydrogen-bond acceptors (Lipinski definition) is 3. The predicted molar refractivity (Wildman–Crippen MR) is 70.0 cm³/mol. The summed E-state index contributed by atoms with van der Waals surface area (Å²) in [6.45, 7) is 0.247. The lowest BCUT2D eigenvalue weighted by atomic mass is 10.2. The summed E-state index contributed by atoms with van der Waals surface area (Å²) in [4.78, 5) is 18.8. The zero-order valence-corrected chi connectivity index (χ0v) is 10.3. The lowest BCUT2D eigenvalue weighted by Crippen LogP contribution is -2.09. The van der Waals surface area contributed by atoms with E-state index in [1.807, 2.05) is 6.07 Å². The Balaban J connectivity index is 2.06. The maximum Gasteiger partial charge on any atom is 0.339 e. The molecular weight excluding hydrogens is 261 g/mol. The molecule has 100 valence electrons. The number of carbonyl (C=O) groups is 1. The van der Waals surface area contributed by atoms with Crippen molar-refractivity contribution in [3.05, 3.63) is 60.1 Å². The molecular formula is C14H10FN3O2. The van der Waals surface area contributed by atoms with Crippen LogP contribution in [0.1, 0.15) is 16.1 Å². The number of hydrogen-bond donors (Lipinski definition) is 1. The number of aromatic nitrogens is 3. The molecule has 0 amide bonds. The number of fused-ring (bicyclic) bond motifs is 1. The molecule has 0 saturated carbocycles. The van der Waals surface area contributed by atoms with Crippen LogP contribution in [-0.2, 0) is 6.54 Å². The van der Waals surface area contributed by atoms with E-state index in [0.717, 1.165) is 5.39 Å². The van der Waals surface area contributed by atoms with Crippen LogP contribution in [0, 0.1) is 5.82 Å². The van der Waals surface area contributed by atoms with Crippen LogP contribution in [0.2, 0.25) is 0 Å². The minimum atomic E-state index is -1.08. The molecule has 0 aliphatic carbocycles. The quantitative estimate of drug-likeness (QED) is 0.793. The maximum absolute atomic E-state index is 13.3. The Kier molecular flexibility index (Phi) is 2.90.